The van der Waals surface area contributed by atoms with Crippen LogP contribution < -0.4 is 4.90 Å². The second kappa shape index (κ2) is 8.11. The van der Waals surface area contributed by atoms with Gasteiger partial charge < -0.3 is 14.6 Å². The molecule has 1 aliphatic heterocycles. The summed E-state index contributed by atoms with van der Waals surface area (Å²) in [7, 11) is 0. The first-order chi connectivity index (χ1) is 16.2. The van der Waals surface area contributed by atoms with E-state index < -0.39 is 46.4 Å². The Labute approximate surface area is 199 Å². The van der Waals surface area contributed by atoms with Crippen molar-refractivity contribution in [1.82, 2.24) is 0 Å². The number of ketones is 1. The molecular weight excluding hydrogens is 512 g/mol. The molecule has 0 radical (unpaired) electrons. The molecule has 5 rings (SSSR count). The Morgan fingerprint density at radius 1 is 1.00 bits per heavy atom. The number of Topliss-reactive ketones (excluding diaryl/α,β-unsaturated/α-hetero) is 1. The fourth-order valence-corrected chi connectivity index (χ4v) is 4.40. The molecular formula is C25H14BrF2NO5. The van der Waals surface area contributed by atoms with Crippen molar-refractivity contribution in [3.05, 3.63) is 105 Å². The van der Waals surface area contributed by atoms with Gasteiger partial charge in [0.15, 0.2) is 11.5 Å². The molecule has 0 fully saturated rings. The Morgan fingerprint density at radius 3 is 2.56 bits per heavy atom. The minimum Gasteiger partial charge on any atom is -0.508 e. The molecule has 9 heteroatoms. The highest BCUT2D eigenvalue weighted by molar-refractivity contribution is 9.10. The first-order valence-corrected chi connectivity index (χ1v) is 10.8. The van der Waals surface area contributed by atoms with Crippen LogP contribution in [0.2, 0.25) is 0 Å². The van der Waals surface area contributed by atoms with E-state index in [2.05, 4.69) is 15.9 Å². The maximum Gasteiger partial charge on any atom is 0.294 e. The van der Waals surface area contributed by atoms with Gasteiger partial charge in [0.2, 0.25) is 5.78 Å². The van der Waals surface area contributed by atoms with Crippen LogP contribution in [0, 0.1) is 11.6 Å². The smallest absolute Gasteiger partial charge is 0.294 e. The Bertz CT molecular complexity index is 1530. The molecule has 1 aliphatic rings. The van der Waals surface area contributed by atoms with Crippen molar-refractivity contribution in [1.29, 1.82) is 0 Å². The van der Waals surface area contributed by atoms with E-state index in [0.29, 0.717) is 11.0 Å². The third-order valence-corrected chi connectivity index (χ3v) is 6.00. The Balaban J connectivity index is 1.69. The number of carbonyl (C=O) groups is 2. The number of fused-ring (bicyclic) bond motifs is 1. The molecule has 1 aromatic heterocycles. The highest BCUT2D eigenvalue weighted by atomic mass is 79.9. The van der Waals surface area contributed by atoms with Crippen molar-refractivity contribution in [2.24, 2.45) is 0 Å². The molecule has 0 saturated carbocycles. The summed E-state index contributed by atoms with van der Waals surface area (Å²) in [6, 6.07) is 13.3. The van der Waals surface area contributed by atoms with Crippen molar-refractivity contribution in [3.8, 4) is 5.75 Å². The average Bonchev–Trinajstić information content (AvgIpc) is 3.34. The number of halogens is 3. The summed E-state index contributed by atoms with van der Waals surface area (Å²) in [5.74, 6) is -4.93. The number of hydrogen-bond donors (Lipinski definition) is 2. The number of aliphatic hydroxyl groups is 1. The van der Waals surface area contributed by atoms with Crippen LogP contribution in [0.1, 0.15) is 22.2 Å². The van der Waals surface area contributed by atoms with Crippen molar-refractivity contribution in [2.45, 2.75) is 6.04 Å². The van der Waals surface area contributed by atoms with Crippen molar-refractivity contribution in [3.63, 3.8) is 0 Å². The second-order valence-corrected chi connectivity index (χ2v) is 8.57. The lowest BCUT2D eigenvalue weighted by molar-refractivity contribution is -0.117. The average molecular weight is 526 g/mol. The molecule has 0 aliphatic carbocycles. The lowest BCUT2D eigenvalue weighted by atomic mass is 9.94. The molecule has 0 saturated heterocycles. The van der Waals surface area contributed by atoms with Crippen LogP contribution in [0.25, 0.3) is 11.0 Å². The molecule has 0 bridgehead atoms. The molecule has 34 heavy (non-hydrogen) atoms. The maximum atomic E-state index is 14.7. The first-order valence-electron chi connectivity index (χ1n) is 9.99. The van der Waals surface area contributed by atoms with Crippen molar-refractivity contribution >= 4 is 44.3 Å². The molecule has 0 spiro atoms. The van der Waals surface area contributed by atoms with E-state index >= 15 is 0 Å². The number of carbonyl (C=O) groups excluding carboxylic acids is 2. The summed E-state index contributed by atoms with van der Waals surface area (Å²) in [4.78, 5) is 27.4. The van der Waals surface area contributed by atoms with Gasteiger partial charge in [-0.3, -0.25) is 14.5 Å². The third-order valence-electron chi connectivity index (χ3n) is 5.51. The lowest BCUT2D eigenvalue weighted by Gasteiger charge is -2.27. The van der Waals surface area contributed by atoms with E-state index in [-0.39, 0.29) is 17.1 Å². The summed E-state index contributed by atoms with van der Waals surface area (Å²) in [5.41, 5.74) is -0.264. The van der Waals surface area contributed by atoms with Crippen LogP contribution in [-0.2, 0) is 4.79 Å². The summed E-state index contributed by atoms with van der Waals surface area (Å²) >= 11 is 3.34. The van der Waals surface area contributed by atoms with Gasteiger partial charge in [-0.15, -0.1) is 0 Å². The zero-order valence-electron chi connectivity index (χ0n) is 17.1. The summed E-state index contributed by atoms with van der Waals surface area (Å²) in [5, 5.41) is 21.3. The number of rotatable bonds is 4. The molecule has 2 N–H and O–H groups in total. The number of nitrogens with zero attached hydrogens (tertiary/aromatic N) is 1. The molecule has 2 heterocycles. The Kier molecular flexibility index (Phi) is 5.21. The standard InChI is InChI=1S/C25H14BrF2NO5/c26-14-4-7-19-13(8-14)10-20(34-19)23(31)21-22(12-2-1-3-16(30)9-12)29(25(33)24(21)32)18-11-15(27)5-6-17(18)28/h1-11,22,30,32H. The number of aromatic hydroxyl groups is 1. The van der Waals surface area contributed by atoms with Gasteiger partial charge in [-0.05, 0) is 54.1 Å². The first kappa shape index (κ1) is 21.8. The topological polar surface area (TPSA) is 91.0 Å². The third kappa shape index (κ3) is 3.54. The predicted molar refractivity (Wildman–Crippen MR) is 123 cm³/mol. The molecule has 4 aromatic rings. The van der Waals surface area contributed by atoms with Crippen molar-refractivity contribution < 1.29 is 33.0 Å². The summed E-state index contributed by atoms with van der Waals surface area (Å²) in [6.07, 6.45) is 0. The number of furan rings is 1. The number of anilines is 1. The summed E-state index contributed by atoms with van der Waals surface area (Å²) < 4.78 is 35.1. The van der Waals surface area contributed by atoms with Crippen LogP contribution in [0.15, 0.2) is 87.0 Å². The zero-order valence-corrected chi connectivity index (χ0v) is 18.7. The SMILES string of the molecule is O=C(C1=C(O)C(=O)N(c2cc(F)ccc2F)C1c1cccc(O)c1)c1cc2cc(Br)ccc2o1. The molecule has 170 valence electrons. The van der Waals surface area contributed by atoms with Crippen LogP contribution in [0.5, 0.6) is 5.75 Å². The number of phenols is 1. The van der Waals surface area contributed by atoms with Gasteiger partial charge in [0.25, 0.3) is 5.91 Å². The van der Waals surface area contributed by atoms with E-state index in [4.69, 9.17) is 4.42 Å². The van der Waals surface area contributed by atoms with Gasteiger partial charge in [-0.1, -0.05) is 28.1 Å². The number of amides is 1. The second-order valence-electron chi connectivity index (χ2n) is 7.65. The Hall–Kier alpha value is -3.98. The minimum atomic E-state index is -1.36. The monoisotopic (exact) mass is 525 g/mol. The van der Waals surface area contributed by atoms with Gasteiger partial charge in [0, 0.05) is 15.9 Å². The highest BCUT2D eigenvalue weighted by Gasteiger charge is 2.46. The Morgan fingerprint density at radius 2 is 1.79 bits per heavy atom. The number of aliphatic hydroxyl groups excluding tert-OH is 1. The number of hydrogen-bond acceptors (Lipinski definition) is 5. The van der Waals surface area contributed by atoms with Crippen LogP contribution in [0.4, 0.5) is 14.5 Å². The van der Waals surface area contributed by atoms with E-state index in [1.165, 1.54) is 30.3 Å². The normalized spacial score (nSPS) is 16.0. The minimum absolute atomic E-state index is 0.158. The van der Waals surface area contributed by atoms with E-state index in [1.807, 2.05) is 0 Å². The van der Waals surface area contributed by atoms with E-state index in [0.717, 1.165) is 27.6 Å². The van der Waals surface area contributed by atoms with Gasteiger partial charge in [-0.25, -0.2) is 8.78 Å². The molecule has 1 amide bonds. The van der Waals surface area contributed by atoms with Gasteiger partial charge in [0.05, 0.1) is 17.3 Å². The fourth-order valence-electron chi connectivity index (χ4n) is 4.03. The van der Waals surface area contributed by atoms with Crippen molar-refractivity contribution in [2.75, 3.05) is 4.90 Å². The maximum absolute atomic E-state index is 14.7. The zero-order chi connectivity index (χ0) is 24.1. The quantitative estimate of drug-likeness (QED) is 0.320. The largest absolute Gasteiger partial charge is 0.508 e. The fraction of sp³-hybridized carbons (Fsp3) is 0.0400. The lowest BCUT2D eigenvalue weighted by Crippen LogP contribution is -2.32. The van der Waals surface area contributed by atoms with Crippen LogP contribution in [0.3, 0.4) is 0 Å². The number of benzene rings is 3. The van der Waals surface area contributed by atoms with Gasteiger partial charge in [0.1, 0.15) is 23.0 Å². The van der Waals surface area contributed by atoms with E-state index in [9.17, 15) is 28.6 Å². The summed E-state index contributed by atoms with van der Waals surface area (Å²) in [6.45, 7) is 0. The van der Waals surface area contributed by atoms with E-state index in [1.54, 1.807) is 18.2 Å². The molecule has 6 nitrogen and oxygen atoms in total. The van der Waals surface area contributed by atoms with Crippen LogP contribution >= 0.6 is 15.9 Å². The molecule has 1 unspecified atom stereocenters. The predicted octanol–water partition coefficient (Wildman–Crippen LogP) is 5.96. The van der Waals surface area contributed by atoms with Gasteiger partial charge in [-0.2, -0.15) is 0 Å². The molecule has 3 aromatic carbocycles. The van der Waals surface area contributed by atoms with Gasteiger partial charge >= 0.3 is 0 Å². The van der Waals surface area contributed by atoms with Crippen LogP contribution in [-0.4, -0.2) is 21.9 Å². The molecule has 1 atom stereocenters. The highest BCUT2D eigenvalue weighted by Crippen LogP contribution is 2.43. The number of phenolic OH excluding ortho intramolecular Hbond substituents is 1.